The minimum Gasteiger partial charge on any atom is -0.466 e. The van der Waals surface area contributed by atoms with Crippen LogP contribution in [0.25, 0.3) is 6.08 Å². The Morgan fingerprint density at radius 2 is 1.91 bits per heavy atom. The highest BCUT2D eigenvalue weighted by Gasteiger charge is 2.48. The third kappa shape index (κ3) is 2.26. The average Bonchev–Trinajstić information content (AvgIpc) is 3.00. The summed E-state index contributed by atoms with van der Waals surface area (Å²) < 4.78 is 6.58. The van der Waals surface area contributed by atoms with Gasteiger partial charge in [-0.2, -0.15) is 0 Å². The maximum Gasteiger partial charge on any atom is 0.188 e. The Kier molecular flexibility index (Phi) is 3.65. The lowest BCUT2D eigenvalue weighted by Gasteiger charge is -2.50. The Morgan fingerprint density at radius 1 is 1.14 bits per heavy atom. The molecule has 0 N–H and O–H groups in total. The Balaban J connectivity index is 1.83. The van der Waals surface area contributed by atoms with Gasteiger partial charge < -0.3 is 9.64 Å². The van der Waals surface area contributed by atoms with Gasteiger partial charge in [-0.05, 0) is 38.1 Å². The van der Waals surface area contributed by atoms with Crippen LogP contribution in [0.1, 0.15) is 24.8 Å². The summed E-state index contributed by atoms with van der Waals surface area (Å²) in [5, 5.41) is 1.26. The van der Waals surface area contributed by atoms with Gasteiger partial charge in [0.05, 0.1) is 5.02 Å². The fraction of sp³-hybridized carbons (Fsp3) is 0.529. The number of hydrogen-bond donors (Lipinski definition) is 0. The molecule has 0 aromatic heterocycles. The Morgan fingerprint density at radius 3 is 2.68 bits per heavy atom. The predicted molar refractivity (Wildman–Crippen MR) is 90.7 cm³/mol. The van der Waals surface area contributed by atoms with Crippen LogP contribution < -0.4 is 4.74 Å². The maximum atomic E-state index is 6.58. The highest BCUT2D eigenvalue weighted by molar-refractivity contribution is 6.36. The predicted octanol–water partition coefficient (Wildman–Crippen LogP) is 3.90. The Labute approximate surface area is 141 Å². The van der Waals surface area contributed by atoms with Crippen LogP contribution in [0.4, 0.5) is 0 Å². The molecule has 3 nitrogen and oxygen atoms in total. The van der Waals surface area contributed by atoms with Crippen LogP contribution in [0.3, 0.4) is 0 Å². The van der Waals surface area contributed by atoms with E-state index in [1.54, 1.807) is 6.07 Å². The van der Waals surface area contributed by atoms with Crippen molar-refractivity contribution in [3.8, 4) is 5.75 Å². The smallest absolute Gasteiger partial charge is 0.188 e. The van der Waals surface area contributed by atoms with E-state index in [1.807, 2.05) is 6.07 Å². The second-order valence-corrected chi connectivity index (χ2v) is 7.39. The van der Waals surface area contributed by atoms with Crippen molar-refractivity contribution in [2.75, 3.05) is 33.2 Å². The van der Waals surface area contributed by atoms with Crippen LogP contribution in [0, 0.1) is 0 Å². The van der Waals surface area contributed by atoms with Gasteiger partial charge >= 0.3 is 0 Å². The van der Waals surface area contributed by atoms with Gasteiger partial charge in [0.15, 0.2) is 5.72 Å². The molecule has 0 spiro atoms. The number of halogens is 2. The van der Waals surface area contributed by atoms with Crippen molar-refractivity contribution in [1.82, 2.24) is 9.80 Å². The second kappa shape index (κ2) is 5.41. The van der Waals surface area contributed by atoms with E-state index in [0.717, 1.165) is 43.9 Å². The first kappa shape index (κ1) is 14.8. The van der Waals surface area contributed by atoms with Crippen molar-refractivity contribution in [3.05, 3.63) is 33.3 Å². The van der Waals surface area contributed by atoms with Crippen LogP contribution in [0.5, 0.6) is 5.75 Å². The molecule has 5 heteroatoms. The van der Waals surface area contributed by atoms with E-state index in [1.165, 1.54) is 18.4 Å². The normalized spacial score (nSPS) is 28.8. The SMILES string of the molecule is CN1CCC2(N3CCCC3)Oc3c(Cl)cc(Cl)cc3C=C2C1. The van der Waals surface area contributed by atoms with E-state index in [9.17, 15) is 0 Å². The van der Waals surface area contributed by atoms with Gasteiger partial charge in [-0.3, -0.25) is 4.90 Å². The van der Waals surface area contributed by atoms with E-state index in [4.69, 9.17) is 27.9 Å². The summed E-state index contributed by atoms with van der Waals surface area (Å²) in [4.78, 5) is 4.85. The number of benzene rings is 1. The molecule has 1 atom stereocenters. The molecule has 2 fully saturated rings. The zero-order valence-corrected chi connectivity index (χ0v) is 14.3. The lowest BCUT2D eigenvalue weighted by atomic mass is 9.88. The lowest BCUT2D eigenvalue weighted by molar-refractivity contribution is -0.0702. The third-order valence-corrected chi connectivity index (χ3v) is 5.53. The quantitative estimate of drug-likeness (QED) is 0.772. The highest BCUT2D eigenvalue weighted by atomic mass is 35.5. The fourth-order valence-electron chi connectivity index (χ4n) is 3.93. The monoisotopic (exact) mass is 338 g/mol. The standard InChI is InChI=1S/C17H20Cl2N2O/c1-20-7-4-17(21-5-2-3-6-21)13(11-20)8-12-9-14(18)10-15(19)16(12)22-17/h8-10H,2-7,11H2,1H3. The number of piperidine rings is 1. The van der Waals surface area contributed by atoms with Crippen molar-refractivity contribution in [1.29, 1.82) is 0 Å². The molecule has 1 unspecified atom stereocenters. The Hall–Kier alpha value is -0.740. The number of rotatable bonds is 1. The van der Waals surface area contributed by atoms with Crippen LogP contribution in [-0.4, -0.2) is 48.8 Å². The van der Waals surface area contributed by atoms with Crippen molar-refractivity contribution in [2.45, 2.75) is 25.0 Å². The van der Waals surface area contributed by atoms with Crippen LogP contribution in [0.2, 0.25) is 10.0 Å². The maximum absolute atomic E-state index is 6.58. The van der Waals surface area contributed by atoms with E-state index in [0.29, 0.717) is 10.0 Å². The molecule has 3 aliphatic rings. The van der Waals surface area contributed by atoms with Gasteiger partial charge in [0.1, 0.15) is 5.75 Å². The van der Waals surface area contributed by atoms with E-state index < -0.39 is 0 Å². The number of ether oxygens (including phenoxy) is 1. The molecule has 3 heterocycles. The van der Waals surface area contributed by atoms with Gasteiger partial charge in [-0.25, -0.2) is 0 Å². The van der Waals surface area contributed by atoms with Gasteiger partial charge in [-0.15, -0.1) is 0 Å². The molecule has 118 valence electrons. The van der Waals surface area contributed by atoms with Crippen molar-refractivity contribution < 1.29 is 4.74 Å². The Bertz CT molecular complexity index is 640. The summed E-state index contributed by atoms with van der Waals surface area (Å²) in [6.07, 6.45) is 5.71. The van der Waals surface area contributed by atoms with Crippen LogP contribution >= 0.6 is 23.2 Å². The van der Waals surface area contributed by atoms with Crippen molar-refractivity contribution >= 4 is 29.3 Å². The highest BCUT2D eigenvalue weighted by Crippen LogP contribution is 2.46. The topological polar surface area (TPSA) is 15.7 Å². The molecule has 3 aliphatic heterocycles. The summed E-state index contributed by atoms with van der Waals surface area (Å²) in [7, 11) is 2.16. The molecule has 2 saturated heterocycles. The average molecular weight is 339 g/mol. The molecule has 0 amide bonds. The first-order valence-corrected chi connectivity index (χ1v) is 8.67. The van der Waals surface area contributed by atoms with E-state index in [-0.39, 0.29) is 5.72 Å². The largest absolute Gasteiger partial charge is 0.466 e. The molecular weight excluding hydrogens is 319 g/mol. The minimum atomic E-state index is -0.312. The molecule has 0 bridgehead atoms. The summed E-state index contributed by atoms with van der Waals surface area (Å²) in [5.74, 6) is 0.784. The summed E-state index contributed by atoms with van der Waals surface area (Å²) in [6.45, 7) is 4.16. The summed E-state index contributed by atoms with van der Waals surface area (Å²) in [5.41, 5.74) is 2.01. The molecule has 1 aromatic rings. The molecule has 0 saturated carbocycles. The first-order chi connectivity index (χ1) is 10.6. The zero-order chi connectivity index (χ0) is 15.3. The summed E-state index contributed by atoms with van der Waals surface area (Å²) >= 11 is 12.6. The molecule has 0 radical (unpaired) electrons. The van der Waals surface area contributed by atoms with Gasteiger partial charge in [-0.1, -0.05) is 23.2 Å². The van der Waals surface area contributed by atoms with Crippen molar-refractivity contribution in [2.24, 2.45) is 0 Å². The number of hydrogen-bond acceptors (Lipinski definition) is 3. The third-order valence-electron chi connectivity index (χ3n) is 5.03. The zero-order valence-electron chi connectivity index (χ0n) is 12.7. The van der Waals surface area contributed by atoms with Gasteiger partial charge in [0, 0.05) is 48.8 Å². The first-order valence-electron chi connectivity index (χ1n) is 7.91. The van der Waals surface area contributed by atoms with Gasteiger partial charge in [0.2, 0.25) is 0 Å². The van der Waals surface area contributed by atoms with Crippen LogP contribution in [-0.2, 0) is 0 Å². The van der Waals surface area contributed by atoms with Gasteiger partial charge in [0.25, 0.3) is 0 Å². The number of likely N-dealkylation sites (tertiary alicyclic amines) is 2. The number of fused-ring (bicyclic) bond motifs is 2. The van der Waals surface area contributed by atoms with E-state index in [2.05, 4.69) is 22.9 Å². The van der Waals surface area contributed by atoms with E-state index >= 15 is 0 Å². The van der Waals surface area contributed by atoms with Crippen molar-refractivity contribution in [3.63, 3.8) is 0 Å². The molecule has 4 rings (SSSR count). The van der Waals surface area contributed by atoms with Crippen LogP contribution in [0.15, 0.2) is 17.7 Å². The number of likely N-dealkylation sites (N-methyl/N-ethyl adjacent to an activating group) is 1. The lowest BCUT2D eigenvalue weighted by Crippen LogP contribution is -2.60. The minimum absolute atomic E-state index is 0.312. The fourth-order valence-corrected chi connectivity index (χ4v) is 4.47. The molecule has 0 aliphatic carbocycles. The molecular formula is C17H20Cl2N2O. The number of nitrogens with zero attached hydrogens (tertiary/aromatic N) is 2. The molecule has 22 heavy (non-hydrogen) atoms. The second-order valence-electron chi connectivity index (χ2n) is 6.54. The molecule has 1 aromatic carbocycles. The summed E-state index contributed by atoms with van der Waals surface area (Å²) in [6, 6.07) is 3.71.